The molecule has 0 unspecified atom stereocenters. The van der Waals surface area contributed by atoms with Gasteiger partial charge >= 0.3 is 6.01 Å². The highest BCUT2D eigenvalue weighted by Gasteiger charge is 2.33. The Morgan fingerprint density at radius 2 is 1.85 bits per heavy atom. The number of rotatable bonds is 4. The molecule has 0 radical (unpaired) electrons. The summed E-state index contributed by atoms with van der Waals surface area (Å²) in [4.78, 5) is 22.1. The van der Waals surface area contributed by atoms with E-state index in [4.69, 9.17) is 4.74 Å². The van der Waals surface area contributed by atoms with Gasteiger partial charge in [0.05, 0.1) is 25.2 Å². The predicted molar refractivity (Wildman–Crippen MR) is 91.4 cm³/mol. The lowest BCUT2D eigenvalue weighted by atomic mass is 9.95. The zero-order chi connectivity index (χ0) is 18.7. The van der Waals surface area contributed by atoms with Crippen LogP contribution in [0.15, 0.2) is 12.4 Å². The lowest BCUT2D eigenvalue weighted by Crippen LogP contribution is -2.49. The molecule has 0 spiro atoms. The maximum atomic E-state index is 12.9. The predicted octanol–water partition coefficient (Wildman–Crippen LogP) is 0.657. The van der Waals surface area contributed by atoms with Crippen LogP contribution in [0, 0.1) is 11.7 Å². The molecule has 3 heterocycles. The molecule has 0 aliphatic carbocycles. The van der Waals surface area contributed by atoms with Gasteiger partial charge in [-0.25, -0.2) is 27.1 Å². The molecule has 2 aliphatic heterocycles. The van der Waals surface area contributed by atoms with Crippen LogP contribution in [0.3, 0.4) is 0 Å². The molecule has 0 bridgehead atoms. The second-order valence-corrected chi connectivity index (χ2v) is 8.77. The largest absolute Gasteiger partial charge is 0.458 e. The Hall–Kier alpha value is -1.81. The molecular formula is C16H23FN4O4S. The van der Waals surface area contributed by atoms with Crippen molar-refractivity contribution in [3.8, 4) is 6.01 Å². The van der Waals surface area contributed by atoms with E-state index in [1.807, 2.05) is 0 Å². The molecule has 1 atom stereocenters. The van der Waals surface area contributed by atoms with E-state index in [0.717, 1.165) is 25.2 Å². The number of hydrogen-bond acceptors (Lipinski definition) is 6. The van der Waals surface area contributed by atoms with Gasteiger partial charge in [0.25, 0.3) is 0 Å². The summed E-state index contributed by atoms with van der Waals surface area (Å²) in [6.45, 7) is 1.86. The van der Waals surface area contributed by atoms with Crippen LogP contribution >= 0.6 is 0 Å². The molecule has 0 N–H and O–H groups in total. The Kier molecular flexibility index (Phi) is 5.71. The van der Waals surface area contributed by atoms with E-state index in [0.29, 0.717) is 39.0 Å². The average Bonchev–Trinajstić information content (AvgIpc) is 2.63. The third-order valence-corrected chi connectivity index (χ3v) is 6.13. The van der Waals surface area contributed by atoms with Crippen LogP contribution in [0.2, 0.25) is 0 Å². The molecule has 10 heteroatoms. The van der Waals surface area contributed by atoms with Gasteiger partial charge < -0.3 is 9.64 Å². The van der Waals surface area contributed by atoms with Gasteiger partial charge in [-0.05, 0) is 25.7 Å². The van der Waals surface area contributed by atoms with E-state index in [1.54, 1.807) is 4.90 Å². The molecule has 3 rings (SSSR count). The fourth-order valence-electron chi connectivity index (χ4n) is 3.44. The van der Waals surface area contributed by atoms with E-state index in [9.17, 15) is 17.6 Å². The van der Waals surface area contributed by atoms with Crippen LogP contribution in [0.25, 0.3) is 0 Å². The first-order valence-corrected chi connectivity index (χ1v) is 10.6. The molecule has 2 aliphatic rings. The van der Waals surface area contributed by atoms with Crippen LogP contribution in [0.5, 0.6) is 6.01 Å². The summed E-state index contributed by atoms with van der Waals surface area (Å²) in [5.74, 6) is -0.640. The maximum absolute atomic E-state index is 12.9. The molecule has 144 valence electrons. The number of aromatic nitrogens is 2. The van der Waals surface area contributed by atoms with E-state index >= 15 is 0 Å². The molecule has 1 amide bonds. The van der Waals surface area contributed by atoms with Crippen LogP contribution in [0.4, 0.5) is 4.39 Å². The molecule has 8 nitrogen and oxygen atoms in total. The van der Waals surface area contributed by atoms with E-state index in [2.05, 4.69) is 9.97 Å². The average molecular weight is 386 g/mol. The van der Waals surface area contributed by atoms with Gasteiger partial charge in [-0.15, -0.1) is 0 Å². The van der Waals surface area contributed by atoms with Gasteiger partial charge in [-0.3, -0.25) is 4.79 Å². The highest BCUT2D eigenvalue weighted by Crippen LogP contribution is 2.24. The molecule has 0 saturated carbocycles. The van der Waals surface area contributed by atoms with E-state index in [1.165, 1.54) is 10.6 Å². The van der Waals surface area contributed by atoms with Gasteiger partial charge in [0, 0.05) is 25.6 Å². The molecule has 1 aromatic heterocycles. The normalized spacial score (nSPS) is 23.0. The zero-order valence-electron chi connectivity index (χ0n) is 14.7. The molecule has 26 heavy (non-hydrogen) atoms. The van der Waals surface area contributed by atoms with Crippen molar-refractivity contribution in [1.82, 2.24) is 19.2 Å². The Labute approximate surface area is 152 Å². The van der Waals surface area contributed by atoms with Gasteiger partial charge in [0.1, 0.15) is 6.10 Å². The summed E-state index contributed by atoms with van der Waals surface area (Å²) in [6.07, 6.45) is 5.71. The van der Waals surface area contributed by atoms with Crippen LogP contribution in [0.1, 0.15) is 25.7 Å². The lowest BCUT2D eigenvalue weighted by Gasteiger charge is -2.37. The van der Waals surface area contributed by atoms with Gasteiger partial charge in [0.2, 0.25) is 15.9 Å². The van der Waals surface area contributed by atoms with Crippen molar-refractivity contribution in [2.75, 3.05) is 32.4 Å². The SMILES string of the molecule is CS(=O)(=O)N1CCC(C(=O)N2CCC[C@@H](Oc3ncc(F)cn3)C2)CC1. The zero-order valence-corrected chi connectivity index (χ0v) is 15.5. The topological polar surface area (TPSA) is 92.7 Å². The van der Waals surface area contributed by atoms with Crippen LogP contribution in [-0.2, 0) is 14.8 Å². The van der Waals surface area contributed by atoms with Crippen molar-refractivity contribution in [2.24, 2.45) is 5.92 Å². The first kappa shape index (κ1) is 19.0. The number of piperidine rings is 2. The summed E-state index contributed by atoms with van der Waals surface area (Å²) in [7, 11) is -3.20. The molecular weight excluding hydrogens is 363 g/mol. The summed E-state index contributed by atoms with van der Waals surface area (Å²) in [5, 5.41) is 0. The molecule has 2 fully saturated rings. The standard InChI is InChI=1S/C16H23FN4O4S/c1-26(23,24)21-7-4-12(5-8-21)15(22)20-6-2-3-14(11-20)25-16-18-9-13(17)10-19-16/h9-10,12,14H,2-8,11H2,1H3/t14-/m1/s1. The number of ether oxygens (including phenoxy) is 1. The lowest BCUT2D eigenvalue weighted by molar-refractivity contribution is -0.139. The van der Waals surface area contributed by atoms with Crippen molar-refractivity contribution < 1.29 is 22.3 Å². The minimum Gasteiger partial charge on any atom is -0.458 e. The van der Waals surface area contributed by atoms with Gasteiger partial charge in [-0.1, -0.05) is 0 Å². The van der Waals surface area contributed by atoms with Gasteiger partial charge in [0.15, 0.2) is 5.82 Å². The van der Waals surface area contributed by atoms with E-state index in [-0.39, 0.29) is 23.9 Å². The summed E-state index contributed by atoms with van der Waals surface area (Å²) >= 11 is 0. The number of halogens is 1. The third-order valence-electron chi connectivity index (χ3n) is 4.83. The molecule has 0 aromatic carbocycles. The van der Waals surface area contributed by atoms with Crippen LogP contribution < -0.4 is 4.74 Å². The highest BCUT2D eigenvalue weighted by atomic mass is 32.2. The van der Waals surface area contributed by atoms with Crippen molar-refractivity contribution in [2.45, 2.75) is 31.8 Å². The quantitative estimate of drug-likeness (QED) is 0.755. The number of hydrogen-bond donors (Lipinski definition) is 0. The monoisotopic (exact) mass is 386 g/mol. The summed E-state index contributed by atoms with van der Waals surface area (Å²) in [6, 6.07) is 0.104. The van der Waals surface area contributed by atoms with E-state index < -0.39 is 15.8 Å². The maximum Gasteiger partial charge on any atom is 0.316 e. The Morgan fingerprint density at radius 1 is 1.19 bits per heavy atom. The third kappa shape index (κ3) is 4.67. The Morgan fingerprint density at radius 3 is 2.46 bits per heavy atom. The Balaban J connectivity index is 1.54. The fraction of sp³-hybridized carbons (Fsp3) is 0.688. The first-order valence-electron chi connectivity index (χ1n) is 8.71. The number of nitrogens with zero attached hydrogens (tertiary/aromatic N) is 4. The van der Waals surface area contributed by atoms with Crippen LogP contribution in [-0.4, -0.2) is 72.0 Å². The first-order chi connectivity index (χ1) is 12.3. The summed E-state index contributed by atoms with van der Waals surface area (Å²) in [5.41, 5.74) is 0. The highest BCUT2D eigenvalue weighted by molar-refractivity contribution is 7.88. The minimum atomic E-state index is -3.20. The van der Waals surface area contributed by atoms with Crippen molar-refractivity contribution >= 4 is 15.9 Å². The number of carbonyl (C=O) groups is 1. The Bertz CT molecular complexity index is 735. The van der Waals surface area contributed by atoms with Crippen molar-refractivity contribution in [1.29, 1.82) is 0 Å². The van der Waals surface area contributed by atoms with Crippen molar-refractivity contribution in [3.05, 3.63) is 18.2 Å². The van der Waals surface area contributed by atoms with Crippen molar-refractivity contribution in [3.63, 3.8) is 0 Å². The molecule has 2 saturated heterocycles. The number of amides is 1. The van der Waals surface area contributed by atoms with Gasteiger partial charge in [-0.2, -0.15) is 0 Å². The summed E-state index contributed by atoms with van der Waals surface area (Å²) < 4.78 is 43.1. The number of carbonyl (C=O) groups excluding carboxylic acids is 1. The number of likely N-dealkylation sites (tertiary alicyclic amines) is 1. The second kappa shape index (κ2) is 7.83. The smallest absolute Gasteiger partial charge is 0.316 e. The minimum absolute atomic E-state index is 0.0477. The second-order valence-electron chi connectivity index (χ2n) is 6.79. The molecule has 1 aromatic rings. The number of sulfonamides is 1. The fourth-order valence-corrected chi connectivity index (χ4v) is 4.31.